The number of esters is 1. The number of phenols is 1. The van der Waals surface area contributed by atoms with Crippen molar-refractivity contribution in [3.05, 3.63) is 53.6 Å². The molecule has 2 rings (SSSR count). The molecule has 0 fully saturated rings. The first-order chi connectivity index (χ1) is 23.6. The molecule has 0 saturated carbocycles. The molecule has 0 aliphatic carbocycles. The second-order valence-electron chi connectivity index (χ2n) is 12.1. The molecule has 0 aromatic heterocycles. The predicted octanol–water partition coefficient (Wildman–Crippen LogP) is 2.74. The van der Waals surface area contributed by atoms with Crippen LogP contribution in [0.4, 0.5) is 10.5 Å². The van der Waals surface area contributed by atoms with Crippen LogP contribution in [0.5, 0.6) is 11.5 Å². The van der Waals surface area contributed by atoms with Crippen LogP contribution in [0, 0.1) is 5.92 Å². The van der Waals surface area contributed by atoms with E-state index in [9.17, 15) is 44.1 Å². The van der Waals surface area contributed by atoms with E-state index in [-0.39, 0.29) is 55.4 Å². The highest BCUT2D eigenvalue weighted by Gasteiger charge is 2.30. The summed E-state index contributed by atoms with van der Waals surface area (Å²) in [7, 11) is 2.58. The van der Waals surface area contributed by atoms with E-state index in [1.807, 2.05) is 0 Å². The number of ether oxygens (including phenoxy) is 4. The van der Waals surface area contributed by atoms with Gasteiger partial charge in [-0.3, -0.25) is 14.4 Å². The van der Waals surface area contributed by atoms with Gasteiger partial charge in [0, 0.05) is 38.9 Å². The van der Waals surface area contributed by atoms with Crippen molar-refractivity contribution in [2.45, 2.75) is 58.1 Å². The quantitative estimate of drug-likeness (QED) is 0.0856. The number of unbranched alkanes of at least 4 members (excludes halogenated alkanes) is 1. The molecule has 0 aliphatic rings. The number of anilines is 1. The van der Waals surface area contributed by atoms with Crippen LogP contribution in [0.1, 0.15) is 56.0 Å². The van der Waals surface area contributed by atoms with Crippen LogP contribution >= 0.6 is 0 Å². The summed E-state index contributed by atoms with van der Waals surface area (Å²) < 4.78 is 20.6. The molecule has 0 radical (unpaired) electrons. The number of carbonyl (C=O) groups is 6. The highest BCUT2D eigenvalue weighted by atomic mass is 16.6. The fourth-order valence-electron chi connectivity index (χ4n) is 4.59. The fourth-order valence-corrected chi connectivity index (χ4v) is 4.59. The van der Waals surface area contributed by atoms with E-state index >= 15 is 0 Å². The summed E-state index contributed by atoms with van der Waals surface area (Å²) in [6.07, 6.45) is 0.120. The molecular formula is C34H45N3O13. The Bertz CT molecular complexity index is 1490. The molecule has 0 aliphatic heterocycles. The Morgan fingerprint density at radius 1 is 0.920 bits per heavy atom. The SMILES string of the molecule is COCCC(CN(C(=O)C(=O)O)c1ccc(CC(NC(=O)OC(C)(C)C)C(=O)NCCCCOc2cccc(O)c2C(=O)OC)cc1)C(=O)O. The Morgan fingerprint density at radius 3 is 2.18 bits per heavy atom. The standard InChI is InChI=1S/C34H45N3O13/c1-34(2,3)50-33(46)36-24(28(39)35-16-6-7-17-49-26-10-8-9-25(38)27(26)32(45)48-5)19-21-11-13-23(14-12-21)37(29(40)31(43)44)20-22(30(41)42)15-18-47-4/h8-14,22,24,38H,6-7,15-20H2,1-5H3,(H,35,39)(H,36,46)(H,41,42)(H,43,44). The van der Waals surface area contributed by atoms with Crippen LogP contribution in [0.25, 0.3) is 0 Å². The number of aliphatic carboxylic acids is 2. The Kier molecular flexibility index (Phi) is 16.0. The highest BCUT2D eigenvalue weighted by Crippen LogP contribution is 2.28. The Labute approximate surface area is 289 Å². The van der Waals surface area contributed by atoms with E-state index in [0.717, 1.165) is 4.90 Å². The van der Waals surface area contributed by atoms with Crippen molar-refractivity contribution < 1.29 is 63.0 Å². The number of nitrogens with one attached hydrogen (secondary N) is 2. The van der Waals surface area contributed by atoms with Crippen LogP contribution in [0.3, 0.4) is 0 Å². The minimum absolute atomic E-state index is 0.0132. The summed E-state index contributed by atoms with van der Waals surface area (Å²) in [6.45, 7) is 5.04. The van der Waals surface area contributed by atoms with Crippen LogP contribution in [0.15, 0.2) is 42.5 Å². The van der Waals surface area contributed by atoms with E-state index in [0.29, 0.717) is 18.4 Å². The second-order valence-corrected chi connectivity index (χ2v) is 12.1. The number of carboxylic acid groups (broad SMARTS) is 2. The first kappa shape index (κ1) is 40.8. The van der Waals surface area contributed by atoms with Gasteiger partial charge >= 0.3 is 29.9 Å². The minimum Gasteiger partial charge on any atom is -0.507 e. The molecule has 0 heterocycles. The average molecular weight is 704 g/mol. The number of carboxylic acids is 2. The van der Waals surface area contributed by atoms with Gasteiger partial charge < -0.3 is 49.8 Å². The fraction of sp³-hybridized carbons (Fsp3) is 0.471. The summed E-state index contributed by atoms with van der Waals surface area (Å²) in [4.78, 5) is 74.5. The summed E-state index contributed by atoms with van der Waals surface area (Å²) in [6, 6.07) is 9.18. The molecule has 0 saturated heterocycles. The molecule has 2 aromatic rings. The topological polar surface area (TPSA) is 227 Å². The number of nitrogens with zero attached hydrogens (tertiary/aromatic N) is 1. The number of phenolic OH excluding ortho intramolecular Hbond substituents is 1. The maximum atomic E-state index is 13.2. The Morgan fingerprint density at radius 2 is 1.60 bits per heavy atom. The lowest BCUT2D eigenvalue weighted by molar-refractivity contribution is -0.149. The number of alkyl carbamates (subject to hydrolysis) is 1. The Balaban J connectivity index is 2.12. The van der Waals surface area contributed by atoms with E-state index in [1.165, 1.54) is 56.7 Å². The number of hydrogen-bond acceptors (Lipinski definition) is 11. The normalized spacial score (nSPS) is 12.2. The van der Waals surface area contributed by atoms with Crippen LogP contribution in [0.2, 0.25) is 0 Å². The van der Waals surface area contributed by atoms with Crippen molar-refractivity contribution in [2.24, 2.45) is 5.92 Å². The van der Waals surface area contributed by atoms with E-state index in [2.05, 4.69) is 15.4 Å². The van der Waals surface area contributed by atoms with Gasteiger partial charge in [-0.2, -0.15) is 0 Å². The molecule has 2 unspecified atom stereocenters. The van der Waals surface area contributed by atoms with Gasteiger partial charge in [-0.25, -0.2) is 14.4 Å². The monoisotopic (exact) mass is 703 g/mol. The van der Waals surface area contributed by atoms with Crippen molar-refractivity contribution in [3.63, 3.8) is 0 Å². The van der Waals surface area contributed by atoms with Crippen LogP contribution in [-0.2, 0) is 39.8 Å². The number of methoxy groups -OCH3 is 2. The summed E-state index contributed by atoms with van der Waals surface area (Å²) in [5, 5.41) is 34.3. The van der Waals surface area contributed by atoms with Gasteiger partial charge in [0.05, 0.1) is 19.6 Å². The van der Waals surface area contributed by atoms with Crippen molar-refractivity contribution in [3.8, 4) is 11.5 Å². The average Bonchev–Trinajstić information content (AvgIpc) is 3.04. The van der Waals surface area contributed by atoms with E-state index in [1.54, 1.807) is 20.8 Å². The molecule has 2 aromatic carbocycles. The molecule has 274 valence electrons. The first-order valence-electron chi connectivity index (χ1n) is 15.7. The maximum absolute atomic E-state index is 13.2. The van der Waals surface area contributed by atoms with Gasteiger partial charge in [0.1, 0.15) is 28.7 Å². The molecular weight excluding hydrogens is 658 g/mol. The van der Waals surface area contributed by atoms with Crippen molar-refractivity contribution in [2.75, 3.05) is 45.4 Å². The maximum Gasteiger partial charge on any atom is 0.408 e. The van der Waals surface area contributed by atoms with E-state index in [4.69, 9.17) is 14.2 Å². The molecule has 16 nitrogen and oxygen atoms in total. The third-order valence-electron chi connectivity index (χ3n) is 7.07. The minimum atomic E-state index is -1.76. The van der Waals surface area contributed by atoms with Gasteiger partial charge in [-0.05, 0) is 69.9 Å². The van der Waals surface area contributed by atoms with E-state index < -0.39 is 59.9 Å². The summed E-state index contributed by atoms with van der Waals surface area (Å²) in [5.74, 6) is -6.80. The van der Waals surface area contributed by atoms with Crippen molar-refractivity contribution in [1.29, 1.82) is 0 Å². The number of rotatable bonds is 18. The van der Waals surface area contributed by atoms with Gasteiger partial charge in [0.25, 0.3) is 0 Å². The summed E-state index contributed by atoms with van der Waals surface area (Å²) in [5.41, 5.74) is -0.284. The highest BCUT2D eigenvalue weighted by molar-refractivity contribution is 6.37. The number of carbonyl (C=O) groups excluding carboxylic acids is 4. The molecule has 5 N–H and O–H groups in total. The van der Waals surface area contributed by atoms with Crippen molar-refractivity contribution >= 4 is 41.5 Å². The smallest absolute Gasteiger partial charge is 0.408 e. The zero-order valence-corrected chi connectivity index (χ0v) is 28.7. The predicted molar refractivity (Wildman–Crippen MR) is 178 cm³/mol. The van der Waals surface area contributed by atoms with Crippen LogP contribution < -0.4 is 20.3 Å². The lowest BCUT2D eigenvalue weighted by Crippen LogP contribution is -2.49. The molecule has 0 bridgehead atoms. The summed E-state index contributed by atoms with van der Waals surface area (Å²) >= 11 is 0. The molecule has 3 amide bonds. The van der Waals surface area contributed by atoms with Gasteiger partial charge in [0.15, 0.2) is 0 Å². The number of benzene rings is 2. The largest absolute Gasteiger partial charge is 0.507 e. The molecule has 16 heteroatoms. The number of aromatic hydroxyl groups is 1. The lowest BCUT2D eigenvalue weighted by atomic mass is 10.0. The van der Waals surface area contributed by atoms with Gasteiger partial charge in [-0.15, -0.1) is 0 Å². The molecule has 50 heavy (non-hydrogen) atoms. The van der Waals surface area contributed by atoms with Crippen molar-refractivity contribution in [1.82, 2.24) is 10.6 Å². The number of hydrogen-bond donors (Lipinski definition) is 5. The number of amides is 3. The van der Waals surface area contributed by atoms with Crippen LogP contribution in [-0.4, -0.2) is 103 Å². The zero-order valence-electron chi connectivity index (χ0n) is 28.7. The van der Waals surface area contributed by atoms with Gasteiger partial charge in [0.2, 0.25) is 5.91 Å². The Hall–Kier alpha value is -5.38. The second kappa shape index (κ2) is 19.6. The third kappa shape index (κ3) is 13.3. The van der Waals surface area contributed by atoms with Gasteiger partial charge in [-0.1, -0.05) is 18.2 Å². The first-order valence-corrected chi connectivity index (χ1v) is 15.7. The molecule has 0 spiro atoms. The molecule has 2 atom stereocenters. The third-order valence-corrected chi connectivity index (χ3v) is 7.07. The zero-order chi connectivity index (χ0) is 37.4. The lowest BCUT2D eigenvalue weighted by Gasteiger charge is -2.25.